The van der Waals surface area contributed by atoms with Gasteiger partial charge in [0.15, 0.2) is 6.10 Å². The number of carbonyl (C=O) groups is 3. The Bertz CT molecular complexity index is 883. The largest absolute Gasteiger partial charge is 0.451 e. The molecule has 2 aromatic carbocycles. The van der Waals surface area contributed by atoms with Gasteiger partial charge in [-0.3, -0.25) is 4.79 Å². The normalized spacial score (nSPS) is 15.4. The zero-order valence-electron chi connectivity index (χ0n) is 13.2. The van der Waals surface area contributed by atoms with Crippen molar-refractivity contribution in [2.24, 2.45) is 0 Å². The van der Waals surface area contributed by atoms with Crippen molar-refractivity contribution < 1.29 is 23.9 Å². The third kappa shape index (κ3) is 3.61. The van der Waals surface area contributed by atoms with Crippen LogP contribution in [0.15, 0.2) is 54.6 Å². The molecule has 1 heterocycles. The molecule has 0 amide bonds. The third-order valence-electron chi connectivity index (χ3n) is 3.65. The smallest absolute Gasteiger partial charge is 0.344 e. The number of ketones is 1. The SMILES string of the molecule is C[C@@H](OC(=O)/C=C1/OC(=O)c2ccccc21)C(=O)c1ccc(Cl)cc1. The lowest BCUT2D eigenvalue weighted by Crippen LogP contribution is -2.23. The molecule has 5 nitrogen and oxygen atoms in total. The van der Waals surface area contributed by atoms with E-state index in [9.17, 15) is 14.4 Å². The number of hydrogen-bond donors (Lipinski definition) is 0. The molecule has 6 heteroatoms. The lowest BCUT2D eigenvalue weighted by molar-refractivity contribution is -0.140. The van der Waals surface area contributed by atoms with Crippen molar-refractivity contribution in [1.82, 2.24) is 0 Å². The summed E-state index contributed by atoms with van der Waals surface area (Å²) in [5, 5.41) is 0.507. The first-order valence-electron chi connectivity index (χ1n) is 7.49. The highest BCUT2D eigenvalue weighted by Crippen LogP contribution is 2.29. The first-order chi connectivity index (χ1) is 12.0. The summed E-state index contributed by atoms with van der Waals surface area (Å²) in [7, 11) is 0. The first-order valence-corrected chi connectivity index (χ1v) is 7.87. The minimum absolute atomic E-state index is 0.108. The molecule has 0 saturated carbocycles. The number of rotatable bonds is 4. The number of halogens is 1. The predicted octanol–water partition coefficient (Wildman–Crippen LogP) is 3.67. The van der Waals surface area contributed by atoms with Crippen LogP contribution >= 0.6 is 11.6 Å². The summed E-state index contributed by atoms with van der Waals surface area (Å²) >= 11 is 5.78. The van der Waals surface area contributed by atoms with Crippen molar-refractivity contribution in [3.8, 4) is 0 Å². The fraction of sp³-hybridized carbons (Fsp3) is 0.105. The van der Waals surface area contributed by atoms with Crippen molar-refractivity contribution in [1.29, 1.82) is 0 Å². The quantitative estimate of drug-likeness (QED) is 0.475. The maximum atomic E-state index is 12.3. The maximum Gasteiger partial charge on any atom is 0.344 e. The zero-order valence-corrected chi connectivity index (χ0v) is 13.9. The van der Waals surface area contributed by atoms with E-state index in [1.807, 2.05) is 0 Å². The third-order valence-corrected chi connectivity index (χ3v) is 3.91. The zero-order chi connectivity index (χ0) is 18.0. The highest BCUT2D eigenvalue weighted by molar-refractivity contribution is 6.30. The van der Waals surface area contributed by atoms with Crippen LogP contribution in [0.2, 0.25) is 5.02 Å². The highest BCUT2D eigenvalue weighted by atomic mass is 35.5. The van der Waals surface area contributed by atoms with Crippen LogP contribution in [0.1, 0.15) is 33.2 Å². The number of Topliss-reactive ketones (excluding diaryl/α,β-unsaturated/α-hetero) is 1. The summed E-state index contributed by atoms with van der Waals surface area (Å²) in [5.74, 6) is -1.54. The van der Waals surface area contributed by atoms with Crippen molar-refractivity contribution in [2.75, 3.05) is 0 Å². The number of cyclic esters (lactones) is 1. The summed E-state index contributed by atoms with van der Waals surface area (Å²) < 4.78 is 10.2. The van der Waals surface area contributed by atoms with E-state index < -0.39 is 18.0 Å². The molecule has 1 aliphatic rings. The average Bonchev–Trinajstić information content (AvgIpc) is 2.91. The Morgan fingerprint density at radius 2 is 1.72 bits per heavy atom. The van der Waals surface area contributed by atoms with Gasteiger partial charge in [0.05, 0.1) is 11.6 Å². The van der Waals surface area contributed by atoms with Gasteiger partial charge in [0, 0.05) is 16.1 Å². The Labute approximate surface area is 148 Å². The topological polar surface area (TPSA) is 69.7 Å². The van der Waals surface area contributed by atoms with Crippen LogP contribution in [-0.2, 0) is 14.3 Å². The van der Waals surface area contributed by atoms with Crippen LogP contribution in [0.5, 0.6) is 0 Å². The Morgan fingerprint density at radius 3 is 2.40 bits per heavy atom. The highest BCUT2D eigenvalue weighted by Gasteiger charge is 2.27. The van der Waals surface area contributed by atoms with Crippen molar-refractivity contribution in [2.45, 2.75) is 13.0 Å². The molecular weight excluding hydrogens is 344 g/mol. The minimum atomic E-state index is -0.988. The van der Waals surface area contributed by atoms with Gasteiger partial charge in [0.2, 0.25) is 5.78 Å². The van der Waals surface area contributed by atoms with Gasteiger partial charge in [-0.1, -0.05) is 29.8 Å². The molecular formula is C19H13ClO5. The van der Waals surface area contributed by atoms with Crippen LogP contribution in [0.4, 0.5) is 0 Å². The average molecular weight is 357 g/mol. The Balaban J connectivity index is 1.71. The van der Waals surface area contributed by atoms with Gasteiger partial charge in [-0.2, -0.15) is 0 Å². The molecule has 0 saturated heterocycles. The molecule has 0 N–H and O–H groups in total. The number of ether oxygens (including phenoxy) is 2. The summed E-state index contributed by atoms with van der Waals surface area (Å²) in [4.78, 5) is 36.0. The van der Waals surface area contributed by atoms with E-state index in [-0.39, 0.29) is 11.5 Å². The molecule has 2 aromatic rings. The second-order valence-corrected chi connectivity index (χ2v) is 5.83. The van der Waals surface area contributed by atoms with Gasteiger partial charge in [0.1, 0.15) is 5.76 Å². The molecule has 0 radical (unpaired) electrons. The Morgan fingerprint density at radius 1 is 1.08 bits per heavy atom. The van der Waals surface area contributed by atoms with E-state index in [1.54, 1.807) is 48.5 Å². The van der Waals surface area contributed by atoms with Crippen molar-refractivity contribution >= 4 is 35.1 Å². The van der Waals surface area contributed by atoms with Crippen molar-refractivity contribution in [3.63, 3.8) is 0 Å². The Kier molecular flexibility index (Phi) is 4.67. The van der Waals surface area contributed by atoms with E-state index in [0.29, 0.717) is 21.7 Å². The van der Waals surface area contributed by atoms with E-state index in [0.717, 1.165) is 6.08 Å². The molecule has 0 bridgehead atoms. The number of hydrogen-bond acceptors (Lipinski definition) is 5. The van der Waals surface area contributed by atoms with Gasteiger partial charge in [-0.15, -0.1) is 0 Å². The number of esters is 2. The molecule has 1 aliphatic heterocycles. The van der Waals surface area contributed by atoms with Gasteiger partial charge in [-0.25, -0.2) is 9.59 Å². The monoisotopic (exact) mass is 356 g/mol. The van der Waals surface area contributed by atoms with E-state index in [1.165, 1.54) is 6.92 Å². The summed E-state index contributed by atoms with van der Waals surface area (Å²) in [6, 6.07) is 13.0. The molecule has 3 rings (SSSR count). The second kappa shape index (κ2) is 6.91. The molecule has 0 aliphatic carbocycles. The van der Waals surface area contributed by atoms with Crippen molar-refractivity contribution in [3.05, 3.63) is 76.3 Å². The van der Waals surface area contributed by atoms with Gasteiger partial charge < -0.3 is 9.47 Å². The van der Waals surface area contributed by atoms with E-state index in [2.05, 4.69) is 0 Å². The van der Waals surface area contributed by atoms with E-state index in [4.69, 9.17) is 21.1 Å². The molecule has 25 heavy (non-hydrogen) atoms. The summed E-state index contributed by atoms with van der Waals surface area (Å²) in [5.41, 5.74) is 1.28. The van der Waals surface area contributed by atoms with Gasteiger partial charge >= 0.3 is 11.9 Å². The van der Waals surface area contributed by atoms with Crippen LogP contribution in [0, 0.1) is 0 Å². The second-order valence-electron chi connectivity index (χ2n) is 5.39. The standard InChI is InChI=1S/C19H13ClO5/c1-11(18(22)12-6-8-13(20)9-7-12)24-17(21)10-16-14-4-2-3-5-15(14)19(23)25-16/h2-11H,1H3/b16-10+/t11-/m1/s1. The number of fused-ring (bicyclic) bond motifs is 1. The first kappa shape index (κ1) is 16.9. The van der Waals surface area contributed by atoms with Crippen LogP contribution in [0.25, 0.3) is 5.76 Å². The molecule has 0 spiro atoms. The molecule has 0 aromatic heterocycles. The fourth-order valence-corrected chi connectivity index (χ4v) is 2.54. The van der Waals surface area contributed by atoms with Gasteiger partial charge in [-0.05, 0) is 37.3 Å². The fourth-order valence-electron chi connectivity index (χ4n) is 2.41. The lowest BCUT2D eigenvalue weighted by Gasteiger charge is -2.11. The predicted molar refractivity (Wildman–Crippen MR) is 91.2 cm³/mol. The molecule has 0 fully saturated rings. The van der Waals surface area contributed by atoms with Crippen LogP contribution < -0.4 is 0 Å². The van der Waals surface area contributed by atoms with Crippen LogP contribution in [0.3, 0.4) is 0 Å². The molecule has 0 unspecified atom stereocenters. The van der Waals surface area contributed by atoms with E-state index >= 15 is 0 Å². The maximum absolute atomic E-state index is 12.3. The summed E-state index contributed by atoms with van der Waals surface area (Å²) in [6.45, 7) is 1.47. The summed E-state index contributed by atoms with van der Waals surface area (Å²) in [6.07, 6.45) is 0.0768. The number of benzene rings is 2. The molecule has 126 valence electrons. The molecule has 1 atom stereocenters. The number of carbonyl (C=O) groups excluding carboxylic acids is 3. The van der Waals surface area contributed by atoms with Gasteiger partial charge in [0.25, 0.3) is 0 Å². The van der Waals surface area contributed by atoms with Crippen LogP contribution in [-0.4, -0.2) is 23.8 Å². The Hall–Kier alpha value is -2.92. The minimum Gasteiger partial charge on any atom is -0.451 e. The lowest BCUT2D eigenvalue weighted by atomic mass is 10.1.